The van der Waals surface area contributed by atoms with E-state index in [1.165, 1.54) is 11.1 Å². The Bertz CT molecular complexity index is 449. The molecule has 2 aromatic heterocycles. The first-order valence-corrected chi connectivity index (χ1v) is 6.24. The van der Waals surface area contributed by atoms with Crippen molar-refractivity contribution in [1.82, 2.24) is 20.2 Å². The van der Waals surface area contributed by atoms with Gasteiger partial charge in [-0.2, -0.15) is 5.10 Å². The van der Waals surface area contributed by atoms with E-state index in [-0.39, 0.29) is 0 Å². The van der Waals surface area contributed by atoms with Crippen molar-refractivity contribution in [2.75, 3.05) is 19.6 Å². The van der Waals surface area contributed by atoms with E-state index in [2.05, 4.69) is 28.7 Å². The molecule has 92 valence electrons. The Balaban J connectivity index is 1.79. The lowest BCUT2D eigenvalue weighted by Crippen LogP contribution is -2.21. The molecule has 4 nitrogen and oxygen atoms in total. The predicted molar refractivity (Wildman–Crippen MR) is 70.1 cm³/mol. The second kappa shape index (κ2) is 6.37. The minimum absolute atomic E-state index is 0.889. The zero-order valence-electron chi connectivity index (χ0n) is 10.3. The van der Waals surface area contributed by atoms with Gasteiger partial charge in [0.15, 0.2) is 0 Å². The van der Waals surface area contributed by atoms with E-state index >= 15 is 0 Å². The molecule has 0 aliphatic carbocycles. The molecule has 0 aliphatic heterocycles. The summed E-state index contributed by atoms with van der Waals surface area (Å²) in [6.07, 6.45) is 5.07. The van der Waals surface area contributed by atoms with E-state index in [1.54, 1.807) is 0 Å². The molecule has 0 radical (unpaired) electrons. The first-order valence-electron chi connectivity index (χ1n) is 6.24. The van der Waals surface area contributed by atoms with Crippen LogP contribution in [0.1, 0.15) is 18.9 Å². The van der Waals surface area contributed by atoms with E-state index in [1.807, 2.05) is 29.0 Å². The van der Waals surface area contributed by atoms with Crippen LogP contribution >= 0.6 is 0 Å². The maximum absolute atomic E-state index is 4.31. The summed E-state index contributed by atoms with van der Waals surface area (Å²) in [6, 6.07) is 6.14. The van der Waals surface area contributed by atoms with Crippen LogP contribution in [0.15, 0.2) is 30.6 Å². The fourth-order valence-electron chi connectivity index (χ4n) is 1.86. The van der Waals surface area contributed by atoms with Crippen molar-refractivity contribution in [1.29, 1.82) is 0 Å². The van der Waals surface area contributed by atoms with Crippen molar-refractivity contribution in [3.8, 4) is 0 Å². The molecule has 17 heavy (non-hydrogen) atoms. The highest BCUT2D eigenvalue weighted by Gasteiger charge is 2.01. The zero-order valence-corrected chi connectivity index (χ0v) is 10.3. The summed E-state index contributed by atoms with van der Waals surface area (Å²) in [5.74, 6) is 0. The quantitative estimate of drug-likeness (QED) is 0.709. The molecular formula is C13H20N4. The number of nitrogens with zero attached hydrogens (tertiary/aromatic N) is 2. The van der Waals surface area contributed by atoms with Crippen LogP contribution < -0.4 is 10.6 Å². The van der Waals surface area contributed by atoms with Crippen molar-refractivity contribution in [3.63, 3.8) is 0 Å². The summed E-state index contributed by atoms with van der Waals surface area (Å²) in [4.78, 5) is 0. The van der Waals surface area contributed by atoms with Gasteiger partial charge in [-0.15, -0.1) is 0 Å². The van der Waals surface area contributed by atoms with Gasteiger partial charge in [-0.05, 0) is 38.2 Å². The SMILES string of the molecule is CCNCCCNCc1cnn2ccccc12. The standard InChI is InChI=1S/C13H20N4/c1-2-14-7-5-8-15-10-12-11-16-17-9-4-3-6-13(12)17/h3-4,6,9,11,14-15H,2,5,7-8,10H2,1H3. The molecule has 2 heterocycles. The van der Waals surface area contributed by atoms with E-state index in [0.29, 0.717) is 0 Å². The third-order valence-corrected chi connectivity index (χ3v) is 2.78. The van der Waals surface area contributed by atoms with E-state index < -0.39 is 0 Å². The van der Waals surface area contributed by atoms with Crippen LogP contribution in [0.3, 0.4) is 0 Å². The van der Waals surface area contributed by atoms with E-state index in [0.717, 1.165) is 32.6 Å². The molecule has 4 heteroatoms. The van der Waals surface area contributed by atoms with Gasteiger partial charge in [0.05, 0.1) is 11.7 Å². The number of pyridine rings is 1. The molecule has 0 aliphatic rings. The van der Waals surface area contributed by atoms with Gasteiger partial charge >= 0.3 is 0 Å². The van der Waals surface area contributed by atoms with Gasteiger partial charge in [-0.25, -0.2) is 4.52 Å². The van der Waals surface area contributed by atoms with Crippen molar-refractivity contribution in [2.24, 2.45) is 0 Å². The van der Waals surface area contributed by atoms with Crippen LogP contribution in [0.2, 0.25) is 0 Å². The average molecular weight is 232 g/mol. The fraction of sp³-hybridized carbons (Fsp3) is 0.462. The normalized spacial score (nSPS) is 11.1. The van der Waals surface area contributed by atoms with Crippen molar-refractivity contribution in [2.45, 2.75) is 19.9 Å². The zero-order chi connectivity index (χ0) is 11.9. The molecule has 0 spiro atoms. The van der Waals surface area contributed by atoms with Gasteiger partial charge in [0.1, 0.15) is 0 Å². The highest BCUT2D eigenvalue weighted by atomic mass is 15.2. The number of rotatable bonds is 7. The van der Waals surface area contributed by atoms with Gasteiger partial charge in [0, 0.05) is 18.3 Å². The van der Waals surface area contributed by atoms with Gasteiger partial charge in [-0.3, -0.25) is 0 Å². The van der Waals surface area contributed by atoms with Crippen LogP contribution in [0.25, 0.3) is 5.52 Å². The summed E-state index contributed by atoms with van der Waals surface area (Å²) >= 11 is 0. The Kier molecular flexibility index (Phi) is 4.53. The number of hydrogen-bond acceptors (Lipinski definition) is 3. The molecule has 0 atom stereocenters. The van der Waals surface area contributed by atoms with Gasteiger partial charge in [-0.1, -0.05) is 13.0 Å². The maximum Gasteiger partial charge on any atom is 0.0706 e. The molecular weight excluding hydrogens is 212 g/mol. The minimum atomic E-state index is 0.889. The van der Waals surface area contributed by atoms with Crippen LogP contribution in [0.4, 0.5) is 0 Å². The maximum atomic E-state index is 4.31. The lowest BCUT2D eigenvalue weighted by atomic mass is 10.2. The highest BCUT2D eigenvalue weighted by Crippen LogP contribution is 2.08. The summed E-state index contributed by atoms with van der Waals surface area (Å²) in [5.41, 5.74) is 2.45. The number of nitrogens with one attached hydrogen (secondary N) is 2. The summed E-state index contributed by atoms with van der Waals surface area (Å²) in [7, 11) is 0. The van der Waals surface area contributed by atoms with Gasteiger partial charge in [0.2, 0.25) is 0 Å². The van der Waals surface area contributed by atoms with Crippen LogP contribution in [-0.2, 0) is 6.54 Å². The summed E-state index contributed by atoms with van der Waals surface area (Å²) < 4.78 is 1.91. The van der Waals surface area contributed by atoms with Crippen molar-refractivity contribution in [3.05, 3.63) is 36.2 Å². The van der Waals surface area contributed by atoms with Crippen LogP contribution in [0.5, 0.6) is 0 Å². The van der Waals surface area contributed by atoms with E-state index in [9.17, 15) is 0 Å². The molecule has 0 amide bonds. The van der Waals surface area contributed by atoms with Crippen LogP contribution in [0, 0.1) is 0 Å². The average Bonchev–Trinajstić information content (AvgIpc) is 2.77. The second-order valence-electron chi connectivity index (χ2n) is 4.08. The smallest absolute Gasteiger partial charge is 0.0706 e. The highest BCUT2D eigenvalue weighted by molar-refractivity contribution is 5.53. The predicted octanol–water partition coefficient (Wildman–Crippen LogP) is 1.42. The Morgan fingerprint density at radius 2 is 2.12 bits per heavy atom. The Hall–Kier alpha value is -1.39. The first-order chi connectivity index (χ1) is 8.42. The molecule has 0 bridgehead atoms. The monoisotopic (exact) mass is 232 g/mol. The molecule has 2 N–H and O–H groups in total. The first kappa shape index (κ1) is 12.1. The molecule has 2 rings (SSSR count). The second-order valence-corrected chi connectivity index (χ2v) is 4.08. The molecule has 0 unspecified atom stereocenters. The fourth-order valence-corrected chi connectivity index (χ4v) is 1.86. The number of hydrogen-bond donors (Lipinski definition) is 2. The lowest BCUT2D eigenvalue weighted by Gasteiger charge is -2.04. The third-order valence-electron chi connectivity index (χ3n) is 2.78. The largest absolute Gasteiger partial charge is 0.317 e. The Morgan fingerprint density at radius 3 is 3.00 bits per heavy atom. The Morgan fingerprint density at radius 1 is 1.24 bits per heavy atom. The molecule has 0 saturated carbocycles. The topological polar surface area (TPSA) is 41.4 Å². The lowest BCUT2D eigenvalue weighted by molar-refractivity contribution is 0.607. The summed E-state index contributed by atoms with van der Waals surface area (Å²) in [6.45, 7) is 6.19. The molecule has 2 aromatic rings. The van der Waals surface area contributed by atoms with Crippen molar-refractivity contribution >= 4 is 5.52 Å². The van der Waals surface area contributed by atoms with E-state index in [4.69, 9.17) is 0 Å². The molecule has 0 fully saturated rings. The number of aromatic nitrogens is 2. The molecule has 0 saturated heterocycles. The molecule has 0 aromatic carbocycles. The number of fused-ring (bicyclic) bond motifs is 1. The summed E-state index contributed by atoms with van der Waals surface area (Å²) in [5, 5.41) is 11.1. The van der Waals surface area contributed by atoms with Gasteiger partial charge in [0.25, 0.3) is 0 Å². The third kappa shape index (κ3) is 3.28. The van der Waals surface area contributed by atoms with Crippen molar-refractivity contribution < 1.29 is 0 Å². The Labute approximate surface area is 102 Å². The van der Waals surface area contributed by atoms with Gasteiger partial charge < -0.3 is 10.6 Å². The minimum Gasteiger partial charge on any atom is -0.317 e. The van der Waals surface area contributed by atoms with Crippen LogP contribution in [-0.4, -0.2) is 29.2 Å².